The molecule has 0 amide bonds. The van der Waals surface area contributed by atoms with Crippen LogP contribution in [0.1, 0.15) is 41.0 Å². The third kappa shape index (κ3) is 2.63. The van der Waals surface area contributed by atoms with E-state index in [4.69, 9.17) is 9.31 Å². The van der Waals surface area contributed by atoms with Gasteiger partial charge in [0, 0.05) is 6.32 Å². The van der Waals surface area contributed by atoms with Crippen molar-refractivity contribution in [1.29, 1.82) is 0 Å². The Balaban J connectivity index is 2.71. The summed E-state index contributed by atoms with van der Waals surface area (Å²) in [7, 11) is -0.568. The van der Waals surface area contributed by atoms with Gasteiger partial charge in [-0.25, -0.2) is 0 Å². The second-order valence-electron chi connectivity index (χ2n) is 5.11. The Kier molecular flexibility index (Phi) is 3.80. The molecule has 16 heavy (non-hydrogen) atoms. The average molecular weight is 232 g/mol. The second-order valence-corrected chi connectivity index (χ2v) is 5.11. The van der Waals surface area contributed by atoms with Crippen molar-refractivity contribution in [3.05, 3.63) is 11.7 Å². The highest BCUT2D eigenvalue weighted by molar-refractivity contribution is 6.46. The second kappa shape index (κ2) is 4.45. The van der Waals surface area contributed by atoms with E-state index in [2.05, 4.69) is 0 Å². The first-order valence-corrected chi connectivity index (χ1v) is 5.58. The van der Waals surface area contributed by atoms with E-state index in [1.807, 2.05) is 27.7 Å². The van der Waals surface area contributed by atoms with Gasteiger partial charge in [0.25, 0.3) is 6.08 Å². The lowest BCUT2D eigenvalue weighted by Gasteiger charge is -2.32. The highest BCUT2D eigenvalue weighted by Gasteiger charge is 2.51. The van der Waals surface area contributed by atoms with Gasteiger partial charge in [-0.1, -0.05) is 6.92 Å². The van der Waals surface area contributed by atoms with Crippen LogP contribution in [0.4, 0.5) is 8.78 Å². The zero-order chi connectivity index (χ0) is 12.6. The molecule has 0 spiro atoms. The number of allylic oxidation sites excluding steroid dienone is 1. The van der Waals surface area contributed by atoms with Gasteiger partial charge in [0.15, 0.2) is 0 Å². The molecule has 2 nitrogen and oxygen atoms in total. The van der Waals surface area contributed by atoms with Gasteiger partial charge < -0.3 is 9.31 Å². The smallest absolute Gasteiger partial charge is 0.403 e. The molecule has 1 saturated heterocycles. The van der Waals surface area contributed by atoms with Crippen LogP contribution in [0.25, 0.3) is 0 Å². The summed E-state index contributed by atoms with van der Waals surface area (Å²) in [6, 6.07) is 0. The van der Waals surface area contributed by atoms with Crippen molar-refractivity contribution in [2.75, 3.05) is 0 Å². The summed E-state index contributed by atoms with van der Waals surface area (Å²) >= 11 is 0. The van der Waals surface area contributed by atoms with Gasteiger partial charge in [0.2, 0.25) is 0 Å². The lowest BCUT2D eigenvalue weighted by molar-refractivity contribution is 0.00578. The molecule has 1 aliphatic rings. The van der Waals surface area contributed by atoms with Gasteiger partial charge >= 0.3 is 7.12 Å². The van der Waals surface area contributed by atoms with E-state index in [1.165, 1.54) is 0 Å². The van der Waals surface area contributed by atoms with Crippen molar-refractivity contribution >= 4 is 7.12 Å². The average Bonchev–Trinajstić information content (AvgIpc) is 2.31. The molecule has 0 saturated carbocycles. The molecule has 0 bridgehead atoms. The molecule has 1 aliphatic heterocycles. The minimum atomic E-state index is -1.61. The zero-order valence-electron chi connectivity index (χ0n) is 10.6. The summed E-state index contributed by atoms with van der Waals surface area (Å²) in [4.78, 5) is 0. The minimum Gasteiger partial charge on any atom is -0.403 e. The monoisotopic (exact) mass is 232 g/mol. The fourth-order valence-electron chi connectivity index (χ4n) is 1.60. The maximum atomic E-state index is 12.5. The molecule has 0 aromatic rings. The van der Waals surface area contributed by atoms with E-state index < -0.39 is 24.4 Å². The molecule has 0 aromatic carbocycles. The van der Waals surface area contributed by atoms with Gasteiger partial charge in [-0.3, -0.25) is 0 Å². The Hall–Kier alpha value is -0.415. The van der Waals surface area contributed by atoms with Crippen molar-refractivity contribution in [3.8, 4) is 0 Å². The van der Waals surface area contributed by atoms with E-state index in [9.17, 15) is 8.78 Å². The molecule has 0 radical (unpaired) electrons. The fourth-order valence-corrected chi connectivity index (χ4v) is 1.60. The Labute approximate surface area is 96.1 Å². The third-order valence-corrected chi connectivity index (χ3v) is 3.41. The van der Waals surface area contributed by atoms with E-state index >= 15 is 0 Å². The molecular formula is C11H19BF2O2. The Bertz CT molecular complexity index is 280. The first-order chi connectivity index (χ1) is 7.19. The molecule has 1 rings (SSSR count). The molecule has 0 N–H and O–H groups in total. The minimum absolute atomic E-state index is 0.110. The molecule has 0 aromatic heterocycles. The van der Waals surface area contributed by atoms with Crippen LogP contribution in [0, 0.1) is 0 Å². The van der Waals surface area contributed by atoms with Crippen LogP contribution in [0.5, 0.6) is 0 Å². The first-order valence-electron chi connectivity index (χ1n) is 5.58. The summed E-state index contributed by atoms with van der Waals surface area (Å²) in [6.45, 7) is 9.35. The quantitative estimate of drug-likeness (QED) is 0.691. The SMILES string of the molecule is CCC(CB1OC(C)(C)C(C)(C)O1)=C(F)F. The Morgan fingerprint density at radius 1 is 1.06 bits per heavy atom. The van der Waals surface area contributed by atoms with Gasteiger partial charge in [-0.15, -0.1) is 0 Å². The van der Waals surface area contributed by atoms with Crippen molar-refractivity contribution in [2.45, 2.75) is 58.6 Å². The summed E-state index contributed by atoms with van der Waals surface area (Å²) in [5.41, 5.74) is -0.800. The maximum Gasteiger partial charge on any atom is 0.462 e. The first kappa shape index (κ1) is 13.6. The predicted molar refractivity (Wildman–Crippen MR) is 60.4 cm³/mol. The standard InChI is InChI=1S/C11H19BF2O2/c1-6-8(9(13)14)7-12-15-10(2,3)11(4,5)16-12/h6-7H2,1-5H3. The number of hydrogen-bond donors (Lipinski definition) is 0. The molecule has 0 unspecified atom stereocenters. The zero-order valence-corrected chi connectivity index (χ0v) is 10.6. The van der Waals surface area contributed by atoms with E-state index in [-0.39, 0.29) is 11.9 Å². The largest absolute Gasteiger partial charge is 0.462 e. The molecule has 5 heteroatoms. The molecule has 1 heterocycles. The topological polar surface area (TPSA) is 18.5 Å². The number of rotatable bonds is 3. The maximum absolute atomic E-state index is 12.5. The van der Waals surface area contributed by atoms with Gasteiger partial charge in [-0.2, -0.15) is 8.78 Å². The molecule has 0 aliphatic carbocycles. The van der Waals surface area contributed by atoms with Crippen LogP contribution in [-0.4, -0.2) is 18.3 Å². The van der Waals surface area contributed by atoms with Crippen molar-refractivity contribution in [2.24, 2.45) is 0 Å². The lowest BCUT2D eigenvalue weighted by Crippen LogP contribution is -2.41. The van der Waals surface area contributed by atoms with Crippen LogP contribution >= 0.6 is 0 Å². The van der Waals surface area contributed by atoms with Crippen molar-refractivity contribution < 1.29 is 18.1 Å². The highest BCUT2D eigenvalue weighted by atomic mass is 19.3. The van der Waals surface area contributed by atoms with Gasteiger partial charge in [0.05, 0.1) is 11.2 Å². The summed E-state index contributed by atoms with van der Waals surface area (Å²) < 4.78 is 36.3. The van der Waals surface area contributed by atoms with Crippen LogP contribution in [-0.2, 0) is 9.31 Å². The van der Waals surface area contributed by atoms with Gasteiger partial charge in [0.1, 0.15) is 0 Å². The summed E-state index contributed by atoms with van der Waals surface area (Å²) in [6.07, 6.45) is -1.14. The molecule has 1 fully saturated rings. The highest BCUT2D eigenvalue weighted by Crippen LogP contribution is 2.39. The molecule has 0 atom stereocenters. The third-order valence-electron chi connectivity index (χ3n) is 3.41. The van der Waals surface area contributed by atoms with Crippen LogP contribution in [0.2, 0.25) is 6.32 Å². The lowest BCUT2D eigenvalue weighted by atomic mass is 9.80. The van der Waals surface area contributed by atoms with E-state index in [0.29, 0.717) is 6.42 Å². The Morgan fingerprint density at radius 2 is 1.50 bits per heavy atom. The van der Waals surface area contributed by atoms with Crippen LogP contribution in [0.15, 0.2) is 11.7 Å². The fraction of sp³-hybridized carbons (Fsp3) is 0.818. The van der Waals surface area contributed by atoms with Gasteiger partial charge in [-0.05, 0) is 39.7 Å². The van der Waals surface area contributed by atoms with Crippen molar-refractivity contribution in [1.82, 2.24) is 0 Å². The Morgan fingerprint density at radius 3 is 1.81 bits per heavy atom. The van der Waals surface area contributed by atoms with Crippen molar-refractivity contribution in [3.63, 3.8) is 0 Å². The number of halogens is 2. The van der Waals surface area contributed by atoms with E-state index in [1.54, 1.807) is 6.92 Å². The normalized spacial score (nSPS) is 22.3. The molecular weight excluding hydrogens is 213 g/mol. The van der Waals surface area contributed by atoms with Crippen LogP contribution < -0.4 is 0 Å². The summed E-state index contributed by atoms with van der Waals surface area (Å²) in [5.74, 6) is 0. The summed E-state index contributed by atoms with van der Waals surface area (Å²) in [5, 5.41) is 0. The predicted octanol–water partition coefficient (Wildman–Crippen LogP) is 3.64. The van der Waals surface area contributed by atoms with E-state index in [0.717, 1.165) is 0 Å². The number of hydrogen-bond acceptors (Lipinski definition) is 2. The molecule has 92 valence electrons. The van der Waals surface area contributed by atoms with Crippen LogP contribution in [0.3, 0.4) is 0 Å².